The molecule has 0 fully saturated rings. The van der Waals surface area contributed by atoms with Gasteiger partial charge in [0.25, 0.3) is 0 Å². The Kier molecular flexibility index (Phi) is 5.48. The molecular weight excluding hydrogens is 230 g/mol. The minimum absolute atomic E-state index is 0.295. The zero-order valence-electron chi connectivity index (χ0n) is 11.4. The standard InChI is InChI=1S/C15H24ClN/c1-5-17-11-15(4,12(2)3)10-13-6-8-14(16)9-7-13/h6-9,12,17H,5,10-11H2,1-4H3. The molecule has 0 aliphatic heterocycles. The van der Waals surface area contributed by atoms with Crippen molar-refractivity contribution in [2.45, 2.75) is 34.1 Å². The minimum atomic E-state index is 0.295. The second kappa shape index (κ2) is 6.42. The summed E-state index contributed by atoms with van der Waals surface area (Å²) >= 11 is 5.92. The van der Waals surface area contributed by atoms with E-state index in [1.165, 1.54) is 5.56 Å². The van der Waals surface area contributed by atoms with Crippen LogP contribution in [0.25, 0.3) is 0 Å². The van der Waals surface area contributed by atoms with Gasteiger partial charge >= 0.3 is 0 Å². The number of rotatable bonds is 6. The van der Waals surface area contributed by atoms with Gasteiger partial charge in [-0.2, -0.15) is 0 Å². The first-order valence-electron chi connectivity index (χ1n) is 6.43. The molecule has 0 saturated carbocycles. The van der Waals surface area contributed by atoms with E-state index in [-0.39, 0.29) is 0 Å². The molecule has 1 atom stereocenters. The normalized spacial score (nSPS) is 14.9. The van der Waals surface area contributed by atoms with Crippen molar-refractivity contribution in [2.24, 2.45) is 11.3 Å². The van der Waals surface area contributed by atoms with E-state index in [9.17, 15) is 0 Å². The lowest BCUT2D eigenvalue weighted by Gasteiger charge is -2.34. The first kappa shape index (κ1) is 14.5. The maximum Gasteiger partial charge on any atom is 0.0406 e. The quantitative estimate of drug-likeness (QED) is 0.803. The van der Waals surface area contributed by atoms with Crippen LogP contribution in [-0.2, 0) is 6.42 Å². The van der Waals surface area contributed by atoms with E-state index in [1.807, 2.05) is 12.1 Å². The summed E-state index contributed by atoms with van der Waals surface area (Å²) in [6.45, 7) is 11.2. The average Bonchev–Trinajstić information content (AvgIpc) is 2.29. The minimum Gasteiger partial charge on any atom is -0.316 e. The van der Waals surface area contributed by atoms with Gasteiger partial charge in [0.05, 0.1) is 0 Å². The highest BCUT2D eigenvalue weighted by Gasteiger charge is 2.27. The molecule has 0 saturated heterocycles. The zero-order chi connectivity index (χ0) is 12.9. The second-order valence-corrected chi connectivity index (χ2v) is 5.83. The van der Waals surface area contributed by atoms with Gasteiger partial charge in [-0.3, -0.25) is 0 Å². The van der Waals surface area contributed by atoms with Crippen LogP contribution in [0.4, 0.5) is 0 Å². The molecule has 1 rings (SSSR count). The topological polar surface area (TPSA) is 12.0 Å². The Labute approximate surface area is 111 Å². The third-order valence-corrected chi connectivity index (χ3v) is 3.95. The van der Waals surface area contributed by atoms with Crippen LogP contribution in [0.15, 0.2) is 24.3 Å². The van der Waals surface area contributed by atoms with E-state index in [4.69, 9.17) is 11.6 Å². The Morgan fingerprint density at radius 1 is 1.24 bits per heavy atom. The van der Waals surface area contributed by atoms with Gasteiger partial charge in [0.2, 0.25) is 0 Å². The lowest BCUT2D eigenvalue weighted by molar-refractivity contribution is 0.209. The average molecular weight is 254 g/mol. The van der Waals surface area contributed by atoms with Gasteiger partial charge < -0.3 is 5.32 Å². The number of nitrogens with one attached hydrogen (secondary N) is 1. The fourth-order valence-electron chi connectivity index (χ4n) is 1.95. The third-order valence-electron chi connectivity index (χ3n) is 3.69. The maximum absolute atomic E-state index is 5.92. The molecule has 1 unspecified atom stereocenters. The Morgan fingerprint density at radius 2 is 1.82 bits per heavy atom. The third kappa shape index (κ3) is 4.33. The number of benzene rings is 1. The Hall–Kier alpha value is -0.530. The molecule has 17 heavy (non-hydrogen) atoms. The fourth-order valence-corrected chi connectivity index (χ4v) is 2.08. The van der Waals surface area contributed by atoms with Crippen LogP contribution in [0.1, 0.15) is 33.3 Å². The summed E-state index contributed by atoms with van der Waals surface area (Å²) < 4.78 is 0. The summed E-state index contributed by atoms with van der Waals surface area (Å²) in [4.78, 5) is 0. The van der Waals surface area contributed by atoms with Crippen molar-refractivity contribution < 1.29 is 0 Å². The van der Waals surface area contributed by atoms with Gasteiger partial charge in [-0.1, -0.05) is 51.4 Å². The highest BCUT2D eigenvalue weighted by molar-refractivity contribution is 6.30. The summed E-state index contributed by atoms with van der Waals surface area (Å²) in [5, 5.41) is 4.29. The summed E-state index contributed by atoms with van der Waals surface area (Å²) in [7, 11) is 0. The van der Waals surface area contributed by atoms with E-state index in [2.05, 4.69) is 45.1 Å². The SMILES string of the molecule is CCNCC(C)(Cc1ccc(Cl)cc1)C(C)C. The molecule has 1 aromatic rings. The van der Waals surface area contributed by atoms with Crippen LogP contribution in [0.5, 0.6) is 0 Å². The molecule has 0 aliphatic rings. The molecule has 2 heteroatoms. The van der Waals surface area contributed by atoms with E-state index >= 15 is 0 Å². The lowest BCUT2D eigenvalue weighted by Crippen LogP contribution is -2.37. The Balaban J connectivity index is 2.75. The van der Waals surface area contributed by atoms with E-state index in [1.54, 1.807) is 0 Å². The molecule has 0 bridgehead atoms. The zero-order valence-corrected chi connectivity index (χ0v) is 12.1. The summed E-state index contributed by atoms with van der Waals surface area (Å²) in [5.41, 5.74) is 1.66. The van der Waals surface area contributed by atoms with E-state index in [0.717, 1.165) is 24.5 Å². The van der Waals surface area contributed by atoms with Gasteiger partial charge in [0.15, 0.2) is 0 Å². The van der Waals surface area contributed by atoms with Crippen LogP contribution >= 0.6 is 11.6 Å². The Bertz CT molecular complexity index is 331. The fraction of sp³-hybridized carbons (Fsp3) is 0.600. The van der Waals surface area contributed by atoms with Gasteiger partial charge in [-0.15, -0.1) is 0 Å². The summed E-state index contributed by atoms with van der Waals surface area (Å²) in [5.74, 6) is 0.650. The van der Waals surface area contributed by atoms with Crippen molar-refractivity contribution in [1.29, 1.82) is 0 Å². The van der Waals surface area contributed by atoms with Crippen molar-refractivity contribution >= 4 is 11.6 Å². The molecule has 1 N–H and O–H groups in total. The smallest absolute Gasteiger partial charge is 0.0406 e. The summed E-state index contributed by atoms with van der Waals surface area (Å²) in [6, 6.07) is 8.22. The second-order valence-electron chi connectivity index (χ2n) is 5.39. The predicted molar refractivity (Wildman–Crippen MR) is 76.6 cm³/mol. The molecule has 0 radical (unpaired) electrons. The molecule has 0 heterocycles. The number of hydrogen-bond donors (Lipinski definition) is 1. The van der Waals surface area contributed by atoms with E-state index in [0.29, 0.717) is 11.3 Å². The van der Waals surface area contributed by atoms with Crippen LogP contribution in [0.3, 0.4) is 0 Å². The first-order chi connectivity index (χ1) is 7.98. The van der Waals surface area contributed by atoms with E-state index < -0.39 is 0 Å². The van der Waals surface area contributed by atoms with Crippen molar-refractivity contribution in [1.82, 2.24) is 5.32 Å². The van der Waals surface area contributed by atoms with Crippen LogP contribution < -0.4 is 5.32 Å². The van der Waals surface area contributed by atoms with Crippen molar-refractivity contribution in [2.75, 3.05) is 13.1 Å². The monoisotopic (exact) mass is 253 g/mol. The van der Waals surface area contributed by atoms with Crippen molar-refractivity contribution in [3.8, 4) is 0 Å². The van der Waals surface area contributed by atoms with Gasteiger partial charge in [-0.25, -0.2) is 0 Å². The molecular formula is C15H24ClN. The molecule has 96 valence electrons. The molecule has 0 aliphatic carbocycles. The van der Waals surface area contributed by atoms with Crippen molar-refractivity contribution in [3.63, 3.8) is 0 Å². The van der Waals surface area contributed by atoms with Gasteiger partial charge in [0, 0.05) is 11.6 Å². The maximum atomic E-state index is 5.92. The highest BCUT2D eigenvalue weighted by Crippen LogP contribution is 2.31. The van der Waals surface area contributed by atoms with Gasteiger partial charge in [-0.05, 0) is 42.0 Å². The largest absolute Gasteiger partial charge is 0.316 e. The highest BCUT2D eigenvalue weighted by atomic mass is 35.5. The first-order valence-corrected chi connectivity index (χ1v) is 6.81. The van der Waals surface area contributed by atoms with Crippen LogP contribution in [0.2, 0.25) is 5.02 Å². The number of halogens is 1. The lowest BCUT2D eigenvalue weighted by atomic mass is 9.74. The van der Waals surface area contributed by atoms with Crippen LogP contribution in [-0.4, -0.2) is 13.1 Å². The molecule has 0 spiro atoms. The Morgan fingerprint density at radius 3 is 2.29 bits per heavy atom. The predicted octanol–water partition coefficient (Wildman–Crippen LogP) is 4.15. The van der Waals surface area contributed by atoms with Gasteiger partial charge in [0.1, 0.15) is 0 Å². The molecule has 0 amide bonds. The molecule has 1 nitrogen and oxygen atoms in total. The number of hydrogen-bond acceptors (Lipinski definition) is 1. The molecule has 1 aromatic carbocycles. The van der Waals surface area contributed by atoms with Crippen LogP contribution in [0, 0.1) is 11.3 Å². The van der Waals surface area contributed by atoms with Crippen molar-refractivity contribution in [3.05, 3.63) is 34.9 Å². The molecule has 0 aromatic heterocycles. The summed E-state index contributed by atoms with van der Waals surface area (Å²) in [6.07, 6.45) is 1.09.